The van der Waals surface area contributed by atoms with E-state index < -0.39 is 23.9 Å². The third-order valence-electron chi connectivity index (χ3n) is 3.44. The van der Waals surface area contributed by atoms with Gasteiger partial charge in [-0.25, -0.2) is 0 Å². The summed E-state index contributed by atoms with van der Waals surface area (Å²) in [5.74, 6) is -2.42. The van der Waals surface area contributed by atoms with Crippen LogP contribution in [0, 0.1) is 0 Å². The molecule has 1 atom stereocenters. The molecule has 6 nitrogen and oxygen atoms in total. The third-order valence-corrected chi connectivity index (χ3v) is 3.44. The summed E-state index contributed by atoms with van der Waals surface area (Å²) in [6.45, 7) is 2.18. The Morgan fingerprint density at radius 1 is 0.875 bits per heavy atom. The van der Waals surface area contributed by atoms with E-state index in [0.717, 1.165) is 12.8 Å². The number of unbranched alkanes of at least 4 members (excludes halogenated alkanes) is 7. The SMILES string of the molecule is CCCCCCCCCCC(=O)OC(=O)CC[C@H](N)C(=O)O.[KH].[KH]. The number of hydrogen-bond acceptors (Lipinski definition) is 5. The van der Waals surface area contributed by atoms with Crippen molar-refractivity contribution in [2.45, 2.75) is 83.6 Å². The van der Waals surface area contributed by atoms with E-state index in [9.17, 15) is 14.4 Å². The van der Waals surface area contributed by atoms with Gasteiger partial charge in [0, 0.05) is 12.8 Å². The molecule has 0 aliphatic rings. The number of aliphatic carboxylic acids is 1. The van der Waals surface area contributed by atoms with Crippen LogP contribution in [0.1, 0.15) is 77.6 Å². The predicted molar refractivity (Wildman–Crippen MR) is 97.5 cm³/mol. The van der Waals surface area contributed by atoms with Crippen LogP contribution in [0.15, 0.2) is 0 Å². The Hall–Kier alpha value is 1.84. The standard InChI is InChI=1S/C16H29NO5.2K.2H/c1-2-3-4-5-6-7-8-9-10-14(18)22-15(19)12-11-13(17)16(20)21;;;;/h13H,2-12,17H2,1H3,(H,20,21);;;;/t13-;;;;/m0..../s1. The quantitative estimate of drug-likeness (QED) is 0.212. The normalized spacial score (nSPS) is 10.9. The summed E-state index contributed by atoms with van der Waals surface area (Å²) in [7, 11) is 0. The average molecular weight is 396 g/mol. The van der Waals surface area contributed by atoms with Crippen LogP contribution in [-0.2, 0) is 19.1 Å². The van der Waals surface area contributed by atoms with E-state index in [1.54, 1.807) is 0 Å². The Morgan fingerprint density at radius 3 is 1.83 bits per heavy atom. The molecule has 3 N–H and O–H groups in total. The van der Waals surface area contributed by atoms with Crippen LogP contribution in [0.25, 0.3) is 0 Å². The Balaban J connectivity index is -0.00000220. The molecule has 0 amide bonds. The van der Waals surface area contributed by atoms with Crippen LogP contribution in [0.4, 0.5) is 0 Å². The first-order valence-electron chi connectivity index (χ1n) is 8.19. The van der Waals surface area contributed by atoms with Crippen LogP contribution in [-0.4, -0.2) is 132 Å². The molecule has 0 aromatic heterocycles. The van der Waals surface area contributed by atoms with Gasteiger partial charge in [0.2, 0.25) is 0 Å². The summed E-state index contributed by atoms with van der Waals surface area (Å²) < 4.78 is 4.61. The van der Waals surface area contributed by atoms with Crippen molar-refractivity contribution in [2.24, 2.45) is 5.73 Å². The van der Waals surface area contributed by atoms with Crippen LogP contribution in [0.2, 0.25) is 0 Å². The first-order valence-corrected chi connectivity index (χ1v) is 8.19. The minimum atomic E-state index is -1.17. The second-order valence-corrected chi connectivity index (χ2v) is 5.55. The van der Waals surface area contributed by atoms with E-state index in [2.05, 4.69) is 11.7 Å². The number of hydrogen-bond donors (Lipinski definition) is 2. The van der Waals surface area contributed by atoms with Gasteiger partial charge in [-0.2, -0.15) is 0 Å². The van der Waals surface area contributed by atoms with E-state index in [-0.39, 0.29) is 122 Å². The molecule has 0 fully saturated rings. The zero-order valence-corrected chi connectivity index (χ0v) is 13.5. The van der Waals surface area contributed by atoms with E-state index in [4.69, 9.17) is 10.8 Å². The van der Waals surface area contributed by atoms with Gasteiger partial charge in [0.1, 0.15) is 6.04 Å². The monoisotopic (exact) mass is 395 g/mol. The van der Waals surface area contributed by atoms with Gasteiger partial charge in [0.25, 0.3) is 0 Å². The molecule has 0 unspecified atom stereocenters. The summed E-state index contributed by atoms with van der Waals surface area (Å²) in [4.78, 5) is 33.2. The number of rotatable bonds is 13. The first-order chi connectivity index (χ1) is 10.5. The van der Waals surface area contributed by atoms with Gasteiger partial charge in [-0.15, -0.1) is 0 Å². The van der Waals surface area contributed by atoms with Crippen molar-refractivity contribution in [1.29, 1.82) is 0 Å². The van der Waals surface area contributed by atoms with Crippen molar-refractivity contribution >= 4 is 121 Å². The van der Waals surface area contributed by atoms with Gasteiger partial charge >= 0.3 is 121 Å². The van der Waals surface area contributed by atoms with Gasteiger partial charge in [0.05, 0.1) is 0 Å². The van der Waals surface area contributed by atoms with Crippen LogP contribution >= 0.6 is 0 Å². The van der Waals surface area contributed by atoms with Crippen molar-refractivity contribution in [3.63, 3.8) is 0 Å². The van der Waals surface area contributed by atoms with Crippen molar-refractivity contribution in [3.05, 3.63) is 0 Å². The average Bonchev–Trinajstić information content (AvgIpc) is 2.47. The first kappa shape index (κ1) is 30.6. The van der Waals surface area contributed by atoms with Crippen LogP contribution < -0.4 is 5.73 Å². The van der Waals surface area contributed by atoms with Crippen LogP contribution in [0.3, 0.4) is 0 Å². The molecule has 0 rings (SSSR count). The Labute approximate surface area is 230 Å². The number of carbonyl (C=O) groups excluding carboxylic acids is 2. The van der Waals surface area contributed by atoms with Crippen LogP contribution in [0.5, 0.6) is 0 Å². The number of carboxylic acid groups (broad SMARTS) is 1. The number of carboxylic acids is 1. The van der Waals surface area contributed by atoms with Gasteiger partial charge in [-0.3, -0.25) is 14.4 Å². The molecule has 0 aliphatic carbocycles. The third kappa shape index (κ3) is 20.2. The summed E-state index contributed by atoms with van der Waals surface area (Å²) in [5, 5.41) is 8.57. The molecular formula is C16H31K2NO5. The Kier molecular flexibility index (Phi) is 26.9. The van der Waals surface area contributed by atoms with Gasteiger partial charge in [0.15, 0.2) is 0 Å². The van der Waals surface area contributed by atoms with Crippen molar-refractivity contribution in [3.8, 4) is 0 Å². The topological polar surface area (TPSA) is 107 Å². The second kappa shape index (κ2) is 21.1. The fourth-order valence-corrected chi connectivity index (χ4v) is 2.03. The fourth-order valence-electron chi connectivity index (χ4n) is 2.03. The molecular weight excluding hydrogens is 364 g/mol. The predicted octanol–water partition coefficient (Wildman–Crippen LogP) is 1.48. The van der Waals surface area contributed by atoms with Crippen molar-refractivity contribution in [1.82, 2.24) is 0 Å². The summed E-state index contributed by atoms with van der Waals surface area (Å²) >= 11 is 0. The molecule has 0 saturated carbocycles. The Morgan fingerprint density at radius 2 is 1.33 bits per heavy atom. The second-order valence-electron chi connectivity index (χ2n) is 5.55. The number of esters is 2. The van der Waals surface area contributed by atoms with E-state index in [0.29, 0.717) is 6.42 Å². The summed E-state index contributed by atoms with van der Waals surface area (Å²) in [5.41, 5.74) is 5.26. The molecule has 0 saturated heterocycles. The van der Waals surface area contributed by atoms with E-state index in [1.165, 1.54) is 32.1 Å². The Bertz CT molecular complexity index is 353. The van der Waals surface area contributed by atoms with E-state index in [1.807, 2.05) is 0 Å². The molecule has 0 radical (unpaired) electrons. The molecule has 24 heavy (non-hydrogen) atoms. The summed E-state index contributed by atoms with van der Waals surface area (Å²) in [6.07, 6.45) is 9.01. The van der Waals surface area contributed by atoms with Gasteiger partial charge in [-0.05, 0) is 12.8 Å². The number of carbonyl (C=O) groups is 3. The molecule has 0 aromatic carbocycles. The molecule has 0 spiro atoms. The van der Waals surface area contributed by atoms with Gasteiger partial charge < -0.3 is 15.6 Å². The van der Waals surface area contributed by atoms with Crippen molar-refractivity contribution in [2.75, 3.05) is 0 Å². The number of nitrogens with two attached hydrogens (primary N) is 1. The molecule has 0 aliphatic heterocycles. The number of ether oxygens (including phenoxy) is 1. The molecule has 132 valence electrons. The van der Waals surface area contributed by atoms with Crippen molar-refractivity contribution < 1.29 is 24.2 Å². The van der Waals surface area contributed by atoms with Gasteiger partial charge in [-0.1, -0.05) is 51.9 Å². The molecule has 8 heteroatoms. The van der Waals surface area contributed by atoms with E-state index >= 15 is 0 Å². The maximum absolute atomic E-state index is 11.4. The maximum atomic E-state index is 11.4. The molecule has 0 aromatic rings. The minimum absolute atomic E-state index is 0. The zero-order chi connectivity index (χ0) is 16.8. The fraction of sp³-hybridized carbons (Fsp3) is 0.812. The molecule has 0 bridgehead atoms. The summed E-state index contributed by atoms with van der Waals surface area (Å²) in [6, 6.07) is -1.10. The zero-order valence-electron chi connectivity index (χ0n) is 13.5. The molecule has 0 heterocycles.